The lowest BCUT2D eigenvalue weighted by molar-refractivity contribution is 0.660. The minimum absolute atomic E-state index is 0.879. The highest BCUT2D eigenvalue weighted by Crippen LogP contribution is 2.48. The van der Waals surface area contributed by atoms with Gasteiger partial charge in [-0.15, -0.1) is 0 Å². The number of furan rings is 2. The lowest BCUT2D eigenvalue weighted by atomic mass is 9.96. The monoisotopic (exact) mass is 832 g/mol. The number of aryl methyl sites for hydroxylation is 10. The zero-order valence-electron chi connectivity index (χ0n) is 38.4. The van der Waals surface area contributed by atoms with Crippen LogP contribution in [0.15, 0.2) is 142 Å². The van der Waals surface area contributed by atoms with Gasteiger partial charge in [-0.3, -0.25) is 0 Å². The molecule has 0 atom stereocenters. The van der Waals surface area contributed by atoms with E-state index in [0.29, 0.717) is 0 Å². The molecule has 4 nitrogen and oxygen atoms in total. The standard InChI is InChI=1S/C60H52N2O2/c1-33-15-11-16-34(2)55(33)61(56-35(3)17-12-18-36(56)4)47-25-23-43-29-49-51(31-45(43)27-47)63-59-42(10)54-50-30-44-24-26-48(28-46(44)32-52(50)64-60(54)41(9)53(49)59)62(57-37(5)19-13-20-38(57)6)58-39(7)21-14-22-40(58)8/h11-32H,1-10H3. The van der Waals surface area contributed by atoms with E-state index in [1.807, 2.05) is 0 Å². The number of anilines is 6. The normalized spacial score (nSPS) is 11.9. The summed E-state index contributed by atoms with van der Waals surface area (Å²) < 4.78 is 13.9. The molecule has 314 valence electrons. The molecule has 11 rings (SSSR count). The molecule has 0 aliphatic carbocycles. The number of fused-ring (bicyclic) bond motifs is 8. The van der Waals surface area contributed by atoms with Crippen LogP contribution in [0.25, 0.3) is 65.4 Å². The molecule has 0 aliphatic rings. The van der Waals surface area contributed by atoms with E-state index in [1.165, 1.54) is 78.0 Å². The highest BCUT2D eigenvalue weighted by Gasteiger charge is 2.25. The van der Waals surface area contributed by atoms with Gasteiger partial charge in [0.05, 0.1) is 22.7 Å². The van der Waals surface area contributed by atoms with E-state index in [2.05, 4.69) is 212 Å². The van der Waals surface area contributed by atoms with E-state index in [1.54, 1.807) is 0 Å². The Balaban J connectivity index is 1.06. The molecule has 0 unspecified atom stereocenters. The first-order chi connectivity index (χ1) is 30.9. The number of benzene rings is 9. The molecule has 0 amide bonds. The predicted octanol–water partition coefficient (Wildman–Crippen LogP) is 17.8. The molecule has 0 spiro atoms. The van der Waals surface area contributed by atoms with Crippen LogP contribution < -0.4 is 9.80 Å². The summed E-state index contributed by atoms with van der Waals surface area (Å²) in [6.45, 7) is 22.0. The predicted molar refractivity (Wildman–Crippen MR) is 273 cm³/mol. The van der Waals surface area contributed by atoms with Crippen molar-refractivity contribution in [2.24, 2.45) is 0 Å². The van der Waals surface area contributed by atoms with Gasteiger partial charge in [0.25, 0.3) is 0 Å². The highest BCUT2D eigenvalue weighted by atomic mass is 16.3. The average Bonchev–Trinajstić information content (AvgIpc) is 3.83. The lowest BCUT2D eigenvalue weighted by Gasteiger charge is -2.31. The SMILES string of the molecule is Cc1cccc(C)c1N(c1ccc2cc3c(cc2c1)oc1c(C)c2c(oc4cc5cc(N(c6c(C)cccc6C)c6c(C)cccc6C)ccc5cc42)c(C)c13)c1c(C)cccc1C. The number of hydrogen-bond acceptors (Lipinski definition) is 4. The Kier molecular flexibility index (Phi) is 9.04. The third kappa shape index (κ3) is 5.96. The van der Waals surface area contributed by atoms with E-state index in [-0.39, 0.29) is 0 Å². The van der Waals surface area contributed by atoms with Gasteiger partial charge in [-0.25, -0.2) is 0 Å². The Bertz CT molecular complexity index is 3320. The van der Waals surface area contributed by atoms with Crippen molar-refractivity contribution in [3.05, 3.63) is 189 Å². The van der Waals surface area contributed by atoms with Crippen LogP contribution >= 0.6 is 0 Å². The average molecular weight is 833 g/mol. The van der Waals surface area contributed by atoms with Gasteiger partial charge >= 0.3 is 0 Å². The molecule has 9 aromatic carbocycles. The summed E-state index contributed by atoms with van der Waals surface area (Å²) in [6, 6.07) is 49.0. The third-order valence-electron chi connectivity index (χ3n) is 13.9. The summed E-state index contributed by atoms with van der Waals surface area (Å²) in [6.07, 6.45) is 0. The molecule has 0 N–H and O–H groups in total. The summed E-state index contributed by atoms with van der Waals surface area (Å²) in [5.74, 6) is 0. The van der Waals surface area contributed by atoms with Crippen molar-refractivity contribution in [2.75, 3.05) is 9.80 Å². The summed E-state index contributed by atoms with van der Waals surface area (Å²) in [7, 11) is 0. The van der Waals surface area contributed by atoms with Crippen LogP contribution in [0.3, 0.4) is 0 Å². The highest BCUT2D eigenvalue weighted by molar-refractivity contribution is 6.22. The third-order valence-corrected chi connectivity index (χ3v) is 13.9. The maximum atomic E-state index is 6.94. The fourth-order valence-corrected chi connectivity index (χ4v) is 10.8. The van der Waals surface area contributed by atoms with Crippen molar-refractivity contribution in [1.29, 1.82) is 0 Å². The zero-order chi connectivity index (χ0) is 44.3. The molecule has 2 aromatic heterocycles. The van der Waals surface area contributed by atoms with Gasteiger partial charge in [0.2, 0.25) is 0 Å². The maximum Gasteiger partial charge on any atom is 0.139 e. The molecule has 0 aliphatic heterocycles. The summed E-state index contributed by atoms with van der Waals surface area (Å²) in [5, 5.41) is 9.04. The van der Waals surface area contributed by atoms with Crippen LogP contribution in [0, 0.1) is 69.2 Å². The van der Waals surface area contributed by atoms with Crippen molar-refractivity contribution < 1.29 is 8.83 Å². The van der Waals surface area contributed by atoms with Crippen molar-refractivity contribution in [2.45, 2.75) is 69.2 Å². The minimum atomic E-state index is 0.879. The Morgan fingerprint density at radius 3 is 0.906 bits per heavy atom. The second kappa shape index (κ2) is 14.6. The second-order valence-electron chi connectivity index (χ2n) is 18.3. The first-order valence-corrected chi connectivity index (χ1v) is 22.4. The molecular weight excluding hydrogens is 781 g/mol. The van der Waals surface area contributed by atoms with Gasteiger partial charge in [-0.1, -0.05) is 84.9 Å². The minimum Gasteiger partial charge on any atom is -0.456 e. The fourth-order valence-electron chi connectivity index (χ4n) is 10.8. The Morgan fingerprint density at radius 2 is 0.609 bits per heavy atom. The van der Waals surface area contributed by atoms with Gasteiger partial charge in [-0.05, 0) is 184 Å². The van der Waals surface area contributed by atoms with Crippen LogP contribution in [0.5, 0.6) is 0 Å². The molecule has 0 saturated carbocycles. The topological polar surface area (TPSA) is 32.8 Å². The molecule has 4 heteroatoms. The van der Waals surface area contributed by atoms with Crippen LogP contribution in [0.4, 0.5) is 34.1 Å². The van der Waals surface area contributed by atoms with Gasteiger partial charge in [0.15, 0.2) is 0 Å². The van der Waals surface area contributed by atoms with E-state index < -0.39 is 0 Å². The lowest BCUT2D eigenvalue weighted by Crippen LogP contribution is -2.15. The van der Waals surface area contributed by atoms with E-state index in [4.69, 9.17) is 8.83 Å². The summed E-state index contributed by atoms with van der Waals surface area (Å²) >= 11 is 0. The quantitative estimate of drug-likeness (QED) is 0.167. The van der Waals surface area contributed by atoms with Gasteiger partial charge in [0.1, 0.15) is 22.3 Å². The molecular formula is C60H52N2O2. The molecule has 64 heavy (non-hydrogen) atoms. The molecule has 11 aromatic rings. The fraction of sp³-hybridized carbons (Fsp3) is 0.167. The number of para-hydroxylation sites is 4. The van der Waals surface area contributed by atoms with Crippen molar-refractivity contribution in [3.63, 3.8) is 0 Å². The second-order valence-corrected chi connectivity index (χ2v) is 18.3. The first kappa shape index (κ1) is 39.5. The first-order valence-electron chi connectivity index (χ1n) is 22.4. The van der Waals surface area contributed by atoms with E-state index >= 15 is 0 Å². The van der Waals surface area contributed by atoms with Gasteiger partial charge < -0.3 is 18.6 Å². The Morgan fingerprint density at radius 1 is 0.312 bits per heavy atom. The number of nitrogens with zero attached hydrogens (tertiary/aromatic N) is 2. The van der Waals surface area contributed by atoms with Crippen molar-refractivity contribution in [1.82, 2.24) is 0 Å². The zero-order valence-corrected chi connectivity index (χ0v) is 38.4. The van der Waals surface area contributed by atoms with Crippen molar-refractivity contribution in [3.8, 4) is 0 Å². The Hall–Kier alpha value is -7.30. The van der Waals surface area contributed by atoms with Gasteiger partial charge in [-0.2, -0.15) is 0 Å². The van der Waals surface area contributed by atoms with Crippen molar-refractivity contribution >= 4 is 99.5 Å². The van der Waals surface area contributed by atoms with E-state index in [0.717, 1.165) is 77.2 Å². The smallest absolute Gasteiger partial charge is 0.139 e. The van der Waals surface area contributed by atoms with Gasteiger partial charge in [0, 0.05) is 44.0 Å². The van der Waals surface area contributed by atoms with Crippen LogP contribution in [-0.2, 0) is 0 Å². The molecule has 0 bridgehead atoms. The molecule has 0 fully saturated rings. The maximum absolute atomic E-state index is 6.94. The molecule has 0 saturated heterocycles. The Labute approximate surface area is 375 Å². The number of rotatable bonds is 6. The largest absolute Gasteiger partial charge is 0.456 e. The number of hydrogen-bond donors (Lipinski definition) is 0. The molecule has 2 heterocycles. The van der Waals surface area contributed by atoms with Crippen LogP contribution in [0.1, 0.15) is 55.6 Å². The van der Waals surface area contributed by atoms with Crippen LogP contribution in [-0.4, -0.2) is 0 Å². The van der Waals surface area contributed by atoms with E-state index in [9.17, 15) is 0 Å². The summed E-state index contributed by atoms with van der Waals surface area (Å²) in [5.41, 5.74) is 22.8. The summed E-state index contributed by atoms with van der Waals surface area (Å²) in [4.78, 5) is 4.89. The van der Waals surface area contributed by atoms with Crippen LogP contribution in [0.2, 0.25) is 0 Å². The molecule has 0 radical (unpaired) electrons.